The molecule has 2 rings (SSSR count). The van der Waals surface area contributed by atoms with Crippen LogP contribution in [-0.2, 0) is 11.3 Å². The fraction of sp³-hybridized carbons (Fsp3) is 0.188. The summed E-state index contributed by atoms with van der Waals surface area (Å²) in [6.07, 6.45) is 0.731. The molecule has 0 saturated carbocycles. The van der Waals surface area contributed by atoms with Crippen molar-refractivity contribution in [3.8, 4) is 11.5 Å². The summed E-state index contributed by atoms with van der Waals surface area (Å²) in [5.74, 6) is 1.10. The molecule has 0 amide bonds. The van der Waals surface area contributed by atoms with Crippen molar-refractivity contribution in [3.63, 3.8) is 0 Å². The molecule has 0 aliphatic rings. The first-order valence-corrected chi connectivity index (χ1v) is 6.21. The number of hydrogen-bond donors (Lipinski definition) is 0. The van der Waals surface area contributed by atoms with Gasteiger partial charge in [0.2, 0.25) is 0 Å². The van der Waals surface area contributed by atoms with Gasteiger partial charge in [0.1, 0.15) is 11.5 Å². The number of rotatable bonds is 7. The van der Waals surface area contributed by atoms with Gasteiger partial charge in [-0.2, -0.15) is 0 Å². The van der Waals surface area contributed by atoms with E-state index in [0.717, 1.165) is 11.8 Å². The van der Waals surface area contributed by atoms with Gasteiger partial charge in [-0.1, -0.05) is 30.3 Å². The first kappa shape index (κ1) is 14.1. The van der Waals surface area contributed by atoms with Crippen molar-refractivity contribution in [2.75, 3.05) is 13.9 Å². The summed E-state index contributed by atoms with van der Waals surface area (Å²) in [4.78, 5) is 11.0. The Morgan fingerprint density at radius 3 is 2.60 bits per heavy atom. The monoisotopic (exact) mass is 272 g/mol. The van der Waals surface area contributed by atoms with Crippen molar-refractivity contribution in [2.45, 2.75) is 6.61 Å². The van der Waals surface area contributed by atoms with Crippen LogP contribution in [0, 0.1) is 0 Å². The predicted octanol–water partition coefficient (Wildman–Crippen LogP) is 3.06. The average molecular weight is 272 g/mol. The van der Waals surface area contributed by atoms with E-state index in [1.165, 1.54) is 0 Å². The second-order valence-corrected chi connectivity index (χ2v) is 4.12. The highest BCUT2D eigenvalue weighted by molar-refractivity contribution is 5.80. The van der Waals surface area contributed by atoms with Crippen LogP contribution in [0.5, 0.6) is 11.5 Å². The van der Waals surface area contributed by atoms with Gasteiger partial charge in [-0.05, 0) is 23.8 Å². The van der Waals surface area contributed by atoms with Crippen LogP contribution in [0.15, 0.2) is 48.5 Å². The fourth-order valence-corrected chi connectivity index (χ4v) is 1.72. The highest BCUT2D eigenvalue weighted by atomic mass is 16.7. The summed E-state index contributed by atoms with van der Waals surface area (Å²) in [6.45, 7) is 0.551. The average Bonchev–Trinajstić information content (AvgIpc) is 2.52. The molecule has 0 bridgehead atoms. The Morgan fingerprint density at radius 1 is 1.10 bits per heavy atom. The van der Waals surface area contributed by atoms with Gasteiger partial charge >= 0.3 is 0 Å². The van der Waals surface area contributed by atoms with Gasteiger partial charge in [0.25, 0.3) is 0 Å². The minimum absolute atomic E-state index is 0.0854. The van der Waals surface area contributed by atoms with Crippen LogP contribution < -0.4 is 9.47 Å². The molecule has 2 aromatic carbocycles. The third-order valence-corrected chi connectivity index (χ3v) is 2.75. The predicted molar refractivity (Wildman–Crippen MR) is 75.1 cm³/mol. The van der Waals surface area contributed by atoms with Crippen LogP contribution in [0.3, 0.4) is 0 Å². The highest BCUT2D eigenvalue weighted by Gasteiger charge is 2.05. The van der Waals surface area contributed by atoms with Crippen molar-refractivity contribution >= 4 is 6.29 Å². The van der Waals surface area contributed by atoms with Gasteiger partial charge in [-0.3, -0.25) is 4.79 Å². The molecule has 4 heteroatoms. The number of carbonyl (C=O) groups excluding carboxylic acids is 1. The Bertz CT molecular complexity index is 552. The normalized spacial score (nSPS) is 10.1. The van der Waals surface area contributed by atoms with Crippen molar-refractivity contribution in [1.29, 1.82) is 0 Å². The standard InChI is InChI=1S/C16H16O4/c1-18-15-7-8-16(14(9-15)10-17)20-12-19-11-13-5-3-2-4-6-13/h2-10H,11-12H2,1H3. The van der Waals surface area contributed by atoms with Gasteiger partial charge in [-0.25, -0.2) is 0 Å². The third kappa shape index (κ3) is 3.83. The Morgan fingerprint density at radius 2 is 1.90 bits per heavy atom. The first-order chi connectivity index (χ1) is 9.83. The van der Waals surface area contributed by atoms with Crippen LogP contribution in [0.4, 0.5) is 0 Å². The van der Waals surface area contributed by atoms with E-state index < -0.39 is 0 Å². The number of carbonyl (C=O) groups is 1. The molecule has 2 aromatic rings. The van der Waals surface area contributed by atoms with Gasteiger partial charge < -0.3 is 14.2 Å². The molecule has 0 atom stereocenters. The van der Waals surface area contributed by atoms with E-state index in [1.807, 2.05) is 30.3 Å². The molecule has 0 N–H and O–H groups in total. The zero-order valence-electron chi connectivity index (χ0n) is 11.2. The SMILES string of the molecule is COc1ccc(OCOCc2ccccc2)c(C=O)c1. The fourth-order valence-electron chi connectivity index (χ4n) is 1.72. The lowest BCUT2D eigenvalue weighted by Gasteiger charge is -2.10. The second-order valence-electron chi connectivity index (χ2n) is 4.12. The van der Waals surface area contributed by atoms with E-state index >= 15 is 0 Å². The van der Waals surface area contributed by atoms with Gasteiger partial charge in [-0.15, -0.1) is 0 Å². The molecule has 0 aromatic heterocycles. The summed E-state index contributed by atoms with van der Waals surface area (Å²) in [5.41, 5.74) is 1.51. The Balaban J connectivity index is 1.86. The number of benzene rings is 2. The molecule has 0 radical (unpaired) electrons. The maximum absolute atomic E-state index is 11.0. The zero-order valence-corrected chi connectivity index (χ0v) is 11.2. The molecule has 0 aliphatic carbocycles. The minimum Gasteiger partial charge on any atom is -0.497 e. The summed E-state index contributed by atoms with van der Waals surface area (Å²) < 4.78 is 15.9. The van der Waals surface area contributed by atoms with Crippen LogP contribution >= 0.6 is 0 Å². The Hall–Kier alpha value is -2.33. The highest BCUT2D eigenvalue weighted by Crippen LogP contribution is 2.22. The quantitative estimate of drug-likeness (QED) is 0.441. The maximum atomic E-state index is 11.0. The molecular formula is C16H16O4. The third-order valence-electron chi connectivity index (χ3n) is 2.75. The molecule has 0 unspecified atom stereocenters. The minimum atomic E-state index is 0.0854. The van der Waals surface area contributed by atoms with Crippen molar-refractivity contribution in [3.05, 3.63) is 59.7 Å². The van der Waals surface area contributed by atoms with E-state index in [2.05, 4.69) is 0 Å². The van der Waals surface area contributed by atoms with Gasteiger partial charge in [0, 0.05) is 0 Å². The van der Waals surface area contributed by atoms with Crippen LogP contribution in [-0.4, -0.2) is 20.2 Å². The molecule has 0 heterocycles. The molecule has 0 fully saturated rings. The molecule has 20 heavy (non-hydrogen) atoms. The Kier molecular flexibility index (Phi) is 5.15. The lowest BCUT2D eigenvalue weighted by molar-refractivity contribution is 0.00475. The first-order valence-electron chi connectivity index (χ1n) is 6.21. The smallest absolute Gasteiger partial charge is 0.189 e. The summed E-state index contributed by atoms with van der Waals surface area (Å²) >= 11 is 0. The lowest BCUT2D eigenvalue weighted by atomic mass is 10.2. The topological polar surface area (TPSA) is 44.8 Å². The largest absolute Gasteiger partial charge is 0.497 e. The molecule has 0 aliphatic heterocycles. The van der Waals surface area contributed by atoms with E-state index in [9.17, 15) is 4.79 Å². The summed E-state index contributed by atoms with van der Waals surface area (Å²) in [6, 6.07) is 14.9. The van der Waals surface area contributed by atoms with Crippen molar-refractivity contribution in [2.24, 2.45) is 0 Å². The van der Waals surface area contributed by atoms with Gasteiger partial charge in [0.05, 0.1) is 19.3 Å². The summed E-state index contributed by atoms with van der Waals surface area (Å²) in [5, 5.41) is 0. The number of aldehydes is 1. The van der Waals surface area contributed by atoms with E-state index in [-0.39, 0.29) is 6.79 Å². The number of hydrogen-bond acceptors (Lipinski definition) is 4. The van der Waals surface area contributed by atoms with Gasteiger partial charge in [0.15, 0.2) is 13.1 Å². The number of ether oxygens (including phenoxy) is 3. The van der Waals surface area contributed by atoms with Crippen LogP contribution in [0.2, 0.25) is 0 Å². The van der Waals surface area contributed by atoms with E-state index in [1.54, 1.807) is 25.3 Å². The maximum Gasteiger partial charge on any atom is 0.189 e. The van der Waals surface area contributed by atoms with Crippen LogP contribution in [0.25, 0.3) is 0 Å². The molecule has 4 nitrogen and oxygen atoms in total. The van der Waals surface area contributed by atoms with Crippen molar-refractivity contribution in [1.82, 2.24) is 0 Å². The van der Waals surface area contributed by atoms with E-state index in [0.29, 0.717) is 23.7 Å². The van der Waals surface area contributed by atoms with Crippen molar-refractivity contribution < 1.29 is 19.0 Å². The molecule has 0 spiro atoms. The van der Waals surface area contributed by atoms with Crippen LogP contribution in [0.1, 0.15) is 15.9 Å². The Labute approximate surface area is 117 Å². The molecule has 104 valence electrons. The number of methoxy groups -OCH3 is 1. The zero-order chi connectivity index (χ0) is 14.2. The second kappa shape index (κ2) is 7.31. The molecule has 0 saturated heterocycles. The summed E-state index contributed by atoms with van der Waals surface area (Å²) in [7, 11) is 1.55. The molecular weight excluding hydrogens is 256 g/mol. The van der Waals surface area contributed by atoms with E-state index in [4.69, 9.17) is 14.2 Å². The lowest BCUT2D eigenvalue weighted by Crippen LogP contribution is -2.04.